The van der Waals surface area contributed by atoms with Crippen LogP contribution in [0.25, 0.3) is 0 Å². The molecule has 0 saturated heterocycles. The number of benzene rings is 2. The van der Waals surface area contributed by atoms with Gasteiger partial charge in [-0.15, -0.1) is 6.58 Å². The molecule has 0 unspecified atom stereocenters. The molecular weight excluding hydrogens is 353 g/mol. The minimum Gasteiger partial charge on any atom is -0.493 e. The van der Waals surface area contributed by atoms with Gasteiger partial charge in [-0.2, -0.15) is 5.10 Å². The van der Waals surface area contributed by atoms with Crippen molar-refractivity contribution in [3.8, 4) is 11.5 Å². The Labute approximate surface area is 157 Å². The Balaban J connectivity index is 2.13. The first kappa shape index (κ1) is 19.4. The third kappa shape index (κ3) is 5.56. The zero-order valence-electron chi connectivity index (χ0n) is 14.4. The van der Waals surface area contributed by atoms with Crippen molar-refractivity contribution < 1.29 is 13.9 Å². The molecule has 0 aliphatic rings. The van der Waals surface area contributed by atoms with Crippen LogP contribution in [0.5, 0.6) is 11.5 Å². The molecule has 0 saturated carbocycles. The highest BCUT2D eigenvalue weighted by molar-refractivity contribution is 7.80. The van der Waals surface area contributed by atoms with Gasteiger partial charge in [-0.05, 0) is 30.4 Å². The van der Waals surface area contributed by atoms with Crippen molar-refractivity contribution in [3.63, 3.8) is 0 Å². The molecule has 2 aromatic rings. The lowest BCUT2D eigenvalue weighted by molar-refractivity contribution is 0.279. The number of hydrogen-bond acceptors (Lipinski definition) is 4. The molecule has 0 fully saturated rings. The lowest BCUT2D eigenvalue weighted by Gasteiger charge is -2.13. The van der Waals surface area contributed by atoms with Crippen LogP contribution in [0.1, 0.15) is 11.1 Å². The molecule has 2 rings (SSSR count). The van der Waals surface area contributed by atoms with Gasteiger partial charge < -0.3 is 14.8 Å². The number of ether oxygens (including phenoxy) is 2. The number of halogens is 1. The maximum absolute atomic E-state index is 13.8. The highest BCUT2D eigenvalue weighted by atomic mass is 32.1. The fourth-order valence-electron chi connectivity index (χ4n) is 2.08. The lowest BCUT2D eigenvalue weighted by atomic mass is 10.2. The van der Waals surface area contributed by atoms with E-state index in [1.165, 1.54) is 6.07 Å². The second-order valence-electron chi connectivity index (χ2n) is 5.13. The highest BCUT2D eigenvalue weighted by Crippen LogP contribution is 2.31. The number of para-hydroxylation sites is 1. The Morgan fingerprint density at radius 3 is 2.81 bits per heavy atom. The number of hydrazone groups is 1. The van der Waals surface area contributed by atoms with E-state index in [0.29, 0.717) is 34.3 Å². The van der Waals surface area contributed by atoms with Crippen LogP contribution >= 0.6 is 12.2 Å². The van der Waals surface area contributed by atoms with Crippen molar-refractivity contribution in [2.75, 3.05) is 13.7 Å². The monoisotopic (exact) mass is 373 g/mol. The third-order valence-corrected chi connectivity index (χ3v) is 3.57. The van der Waals surface area contributed by atoms with Crippen LogP contribution in [0.4, 0.5) is 4.39 Å². The van der Waals surface area contributed by atoms with E-state index >= 15 is 0 Å². The summed E-state index contributed by atoms with van der Waals surface area (Å²) < 4.78 is 24.9. The topological polar surface area (TPSA) is 54.9 Å². The van der Waals surface area contributed by atoms with Crippen molar-refractivity contribution >= 4 is 23.5 Å². The van der Waals surface area contributed by atoms with Gasteiger partial charge in [0.2, 0.25) is 0 Å². The number of nitrogens with one attached hydrogen (secondary N) is 2. The van der Waals surface area contributed by atoms with Gasteiger partial charge in [-0.1, -0.05) is 30.3 Å². The van der Waals surface area contributed by atoms with E-state index in [1.807, 2.05) is 12.1 Å². The average molecular weight is 373 g/mol. The van der Waals surface area contributed by atoms with E-state index in [1.54, 1.807) is 43.7 Å². The van der Waals surface area contributed by atoms with E-state index in [2.05, 4.69) is 22.4 Å². The van der Waals surface area contributed by atoms with Gasteiger partial charge in [0.1, 0.15) is 12.4 Å². The maximum Gasteiger partial charge on any atom is 0.187 e. The van der Waals surface area contributed by atoms with Gasteiger partial charge in [0.25, 0.3) is 0 Å². The van der Waals surface area contributed by atoms with Crippen molar-refractivity contribution in [2.45, 2.75) is 6.61 Å². The molecule has 2 N–H and O–H groups in total. The number of rotatable bonds is 8. The molecule has 0 radical (unpaired) electrons. The summed E-state index contributed by atoms with van der Waals surface area (Å²) >= 11 is 5.06. The van der Waals surface area contributed by atoms with Crippen molar-refractivity contribution in [2.24, 2.45) is 5.10 Å². The lowest BCUT2D eigenvalue weighted by Crippen LogP contribution is -2.31. The summed E-state index contributed by atoms with van der Waals surface area (Å²) in [6, 6.07) is 11.8. The molecule has 0 aliphatic heterocycles. The van der Waals surface area contributed by atoms with Crippen LogP contribution in [0, 0.1) is 5.82 Å². The van der Waals surface area contributed by atoms with Gasteiger partial charge >= 0.3 is 0 Å². The standard InChI is InChI=1S/C19H20FN3O2S/c1-3-11-21-19(26)23-22-12-14-8-6-10-17(24-2)18(14)25-13-15-7-4-5-9-16(15)20/h3-10,12H,1,11,13H2,2H3,(H2,21,23,26)/b22-12-. The molecule has 136 valence electrons. The molecule has 0 atom stereocenters. The molecule has 0 heterocycles. The number of nitrogens with zero attached hydrogens (tertiary/aromatic N) is 1. The van der Waals surface area contributed by atoms with E-state index < -0.39 is 0 Å². The fourth-order valence-corrected chi connectivity index (χ4v) is 2.22. The van der Waals surface area contributed by atoms with E-state index in [0.717, 1.165) is 0 Å². The summed E-state index contributed by atoms with van der Waals surface area (Å²) in [5.41, 5.74) is 3.82. The van der Waals surface area contributed by atoms with Crippen LogP contribution in [-0.2, 0) is 6.61 Å². The van der Waals surface area contributed by atoms with Crippen LogP contribution in [0.2, 0.25) is 0 Å². The van der Waals surface area contributed by atoms with E-state index in [-0.39, 0.29) is 12.4 Å². The minimum atomic E-state index is -0.321. The third-order valence-electron chi connectivity index (χ3n) is 3.34. The van der Waals surface area contributed by atoms with Crippen LogP contribution < -0.4 is 20.2 Å². The molecule has 26 heavy (non-hydrogen) atoms. The molecule has 0 bridgehead atoms. The van der Waals surface area contributed by atoms with E-state index in [4.69, 9.17) is 21.7 Å². The van der Waals surface area contributed by atoms with Crippen molar-refractivity contribution in [1.29, 1.82) is 0 Å². The van der Waals surface area contributed by atoms with E-state index in [9.17, 15) is 4.39 Å². The number of thiocarbonyl (C=S) groups is 1. The number of hydrogen-bond donors (Lipinski definition) is 2. The Bertz CT molecular complexity index is 796. The summed E-state index contributed by atoms with van der Waals surface area (Å²) in [6.07, 6.45) is 3.25. The Hall–Kier alpha value is -2.93. The van der Waals surface area contributed by atoms with Crippen molar-refractivity contribution in [3.05, 3.63) is 72.1 Å². The fraction of sp³-hybridized carbons (Fsp3) is 0.158. The molecular formula is C19H20FN3O2S. The van der Waals surface area contributed by atoms with Gasteiger partial charge in [0.15, 0.2) is 16.6 Å². The molecule has 0 aliphatic carbocycles. The first-order valence-electron chi connectivity index (χ1n) is 7.86. The summed E-state index contributed by atoms with van der Waals surface area (Å²) in [4.78, 5) is 0. The first-order valence-corrected chi connectivity index (χ1v) is 8.27. The van der Waals surface area contributed by atoms with Gasteiger partial charge in [-0.25, -0.2) is 4.39 Å². The zero-order chi connectivity index (χ0) is 18.8. The summed E-state index contributed by atoms with van der Waals surface area (Å²) in [5.74, 6) is 0.671. The van der Waals surface area contributed by atoms with Gasteiger partial charge in [0, 0.05) is 17.7 Å². The van der Waals surface area contributed by atoms with Crippen LogP contribution in [0.3, 0.4) is 0 Å². The second-order valence-corrected chi connectivity index (χ2v) is 5.54. The quantitative estimate of drug-likeness (QED) is 0.321. The van der Waals surface area contributed by atoms with Crippen LogP contribution in [-0.4, -0.2) is 25.0 Å². The molecule has 0 spiro atoms. The Morgan fingerprint density at radius 2 is 2.08 bits per heavy atom. The Kier molecular flexibility index (Phi) is 7.57. The first-order chi connectivity index (χ1) is 12.7. The minimum absolute atomic E-state index is 0.0701. The SMILES string of the molecule is C=CCNC(=S)N/N=C\c1cccc(OC)c1OCc1ccccc1F. The zero-order valence-corrected chi connectivity index (χ0v) is 15.2. The summed E-state index contributed by atoms with van der Waals surface area (Å²) in [5, 5.41) is 7.35. The normalized spacial score (nSPS) is 10.4. The van der Waals surface area contributed by atoms with Crippen molar-refractivity contribution in [1.82, 2.24) is 10.7 Å². The molecule has 0 amide bonds. The maximum atomic E-state index is 13.8. The van der Waals surface area contributed by atoms with Crippen LogP contribution in [0.15, 0.2) is 60.2 Å². The second kappa shape index (κ2) is 10.1. The molecule has 0 aromatic heterocycles. The average Bonchev–Trinajstić information content (AvgIpc) is 2.66. The number of methoxy groups -OCH3 is 1. The predicted molar refractivity (Wildman–Crippen MR) is 105 cm³/mol. The molecule has 2 aromatic carbocycles. The largest absolute Gasteiger partial charge is 0.493 e. The van der Waals surface area contributed by atoms with Gasteiger partial charge in [-0.3, -0.25) is 5.43 Å². The molecule has 5 nitrogen and oxygen atoms in total. The smallest absolute Gasteiger partial charge is 0.187 e. The predicted octanol–water partition coefficient (Wildman–Crippen LogP) is 3.40. The Morgan fingerprint density at radius 1 is 1.27 bits per heavy atom. The summed E-state index contributed by atoms with van der Waals surface area (Å²) in [7, 11) is 1.54. The molecule has 7 heteroatoms. The highest BCUT2D eigenvalue weighted by Gasteiger charge is 2.11. The van der Waals surface area contributed by atoms with Gasteiger partial charge in [0.05, 0.1) is 13.3 Å². The summed E-state index contributed by atoms with van der Waals surface area (Å²) in [6.45, 7) is 4.21.